The highest BCUT2D eigenvalue weighted by Gasteiger charge is 1.96. The van der Waals surface area contributed by atoms with Gasteiger partial charge < -0.3 is 4.98 Å². The number of rotatable bonds is 2. The Labute approximate surface area is 69.4 Å². The highest BCUT2D eigenvalue weighted by atomic mass is 35.5. The van der Waals surface area contributed by atoms with Gasteiger partial charge in [-0.2, -0.15) is 0 Å². The van der Waals surface area contributed by atoms with Crippen LogP contribution in [0.3, 0.4) is 0 Å². The maximum absolute atomic E-state index is 10.8. The van der Waals surface area contributed by atoms with Gasteiger partial charge in [-0.3, -0.25) is 4.79 Å². The SMILES string of the molecule is CCCc1nc(Cl)cc(=O)[nH]1. The first kappa shape index (κ1) is 8.27. The van der Waals surface area contributed by atoms with E-state index in [0.717, 1.165) is 12.8 Å². The van der Waals surface area contributed by atoms with E-state index >= 15 is 0 Å². The van der Waals surface area contributed by atoms with Crippen molar-refractivity contribution in [2.24, 2.45) is 0 Å². The number of hydrogen-bond donors (Lipinski definition) is 1. The van der Waals surface area contributed by atoms with Crippen LogP contribution in [0.15, 0.2) is 10.9 Å². The van der Waals surface area contributed by atoms with Crippen LogP contribution in [0.4, 0.5) is 0 Å². The summed E-state index contributed by atoms with van der Waals surface area (Å²) in [5, 5.41) is 0.261. The molecule has 0 unspecified atom stereocenters. The molecular formula is C7H9ClN2O. The van der Waals surface area contributed by atoms with Crippen LogP contribution in [0.2, 0.25) is 5.15 Å². The minimum atomic E-state index is -0.187. The quantitative estimate of drug-likeness (QED) is 0.685. The summed E-state index contributed by atoms with van der Waals surface area (Å²) in [6.45, 7) is 2.01. The molecule has 0 fully saturated rings. The lowest BCUT2D eigenvalue weighted by atomic mass is 10.3. The summed E-state index contributed by atoms with van der Waals surface area (Å²) in [4.78, 5) is 17.3. The fourth-order valence-electron chi connectivity index (χ4n) is 0.831. The van der Waals surface area contributed by atoms with Crippen molar-refractivity contribution in [2.75, 3.05) is 0 Å². The van der Waals surface area contributed by atoms with Crippen molar-refractivity contribution >= 4 is 11.6 Å². The minimum Gasteiger partial charge on any atom is -0.310 e. The summed E-state index contributed by atoms with van der Waals surface area (Å²) in [5.74, 6) is 0.657. The molecule has 0 aromatic carbocycles. The van der Waals surface area contributed by atoms with E-state index in [0.29, 0.717) is 5.82 Å². The fraction of sp³-hybridized carbons (Fsp3) is 0.429. The normalized spacial score (nSPS) is 10.0. The molecule has 3 nitrogen and oxygen atoms in total. The number of H-pyrrole nitrogens is 1. The monoisotopic (exact) mass is 172 g/mol. The van der Waals surface area contributed by atoms with Gasteiger partial charge >= 0.3 is 0 Å². The predicted molar refractivity (Wildman–Crippen MR) is 43.9 cm³/mol. The zero-order chi connectivity index (χ0) is 8.27. The van der Waals surface area contributed by atoms with Crippen molar-refractivity contribution in [3.05, 3.63) is 27.4 Å². The second-order valence-corrected chi connectivity index (χ2v) is 2.65. The first-order valence-electron chi connectivity index (χ1n) is 3.48. The number of halogens is 1. The highest BCUT2D eigenvalue weighted by Crippen LogP contribution is 2.00. The van der Waals surface area contributed by atoms with Crippen molar-refractivity contribution in [3.8, 4) is 0 Å². The third-order valence-electron chi connectivity index (χ3n) is 1.25. The van der Waals surface area contributed by atoms with Gasteiger partial charge in [0.2, 0.25) is 0 Å². The summed E-state index contributed by atoms with van der Waals surface area (Å²) in [7, 11) is 0. The molecule has 11 heavy (non-hydrogen) atoms. The van der Waals surface area contributed by atoms with Gasteiger partial charge in [-0.25, -0.2) is 4.98 Å². The molecule has 0 saturated heterocycles. The first-order valence-corrected chi connectivity index (χ1v) is 3.86. The Morgan fingerprint density at radius 2 is 2.45 bits per heavy atom. The van der Waals surface area contributed by atoms with E-state index < -0.39 is 0 Å². The Morgan fingerprint density at radius 3 is 3.00 bits per heavy atom. The second-order valence-electron chi connectivity index (χ2n) is 2.26. The molecule has 0 spiro atoms. The Hall–Kier alpha value is -0.830. The van der Waals surface area contributed by atoms with E-state index in [1.807, 2.05) is 6.92 Å². The number of nitrogens with zero attached hydrogens (tertiary/aromatic N) is 1. The van der Waals surface area contributed by atoms with Gasteiger partial charge in [0, 0.05) is 12.5 Å². The molecule has 60 valence electrons. The van der Waals surface area contributed by atoms with Crippen molar-refractivity contribution in [3.63, 3.8) is 0 Å². The Morgan fingerprint density at radius 1 is 1.73 bits per heavy atom. The molecule has 0 amide bonds. The van der Waals surface area contributed by atoms with E-state index in [9.17, 15) is 4.79 Å². The van der Waals surface area contributed by atoms with Crippen molar-refractivity contribution in [2.45, 2.75) is 19.8 Å². The van der Waals surface area contributed by atoms with Crippen LogP contribution >= 0.6 is 11.6 Å². The molecule has 4 heteroatoms. The van der Waals surface area contributed by atoms with Gasteiger partial charge in [0.1, 0.15) is 11.0 Å². The molecule has 1 N–H and O–H groups in total. The number of hydrogen-bond acceptors (Lipinski definition) is 2. The fourth-order valence-corrected chi connectivity index (χ4v) is 1.03. The maximum Gasteiger partial charge on any atom is 0.252 e. The molecule has 0 aliphatic heterocycles. The van der Waals surface area contributed by atoms with Crippen LogP contribution in [-0.4, -0.2) is 9.97 Å². The zero-order valence-electron chi connectivity index (χ0n) is 6.22. The van der Waals surface area contributed by atoms with Crippen LogP contribution in [0.1, 0.15) is 19.2 Å². The van der Waals surface area contributed by atoms with Crippen molar-refractivity contribution in [1.29, 1.82) is 0 Å². The number of nitrogens with one attached hydrogen (secondary N) is 1. The van der Waals surface area contributed by atoms with E-state index in [4.69, 9.17) is 11.6 Å². The Kier molecular flexibility index (Phi) is 2.65. The molecule has 1 heterocycles. The summed E-state index contributed by atoms with van der Waals surface area (Å²) in [6, 6.07) is 1.26. The molecule has 0 saturated carbocycles. The number of aryl methyl sites for hydroxylation is 1. The minimum absolute atomic E-state index is 0.187. The van der Waals surface area contributed by atoms with Gasteiger partial charge in [0.25, 0.3) is 5.56 Å². The van der Waals surface area contributed by atoms with E-state index in [-0.39, 0.29) is 10.7 Å². The maximum atomic E-state index is 10.8. The molecule has 0 aliphatic carbocycles. The molecule has 1 aromatic rings. The van der Waals surface area contributed by atoms with Crippen molar-refractivity contribution < 1.29 is 0 Å². The average molecular weight is 173 g/mol. The van der Waals surface area contributed by atoms with Gasteiger partial charge in [0.05, 0.1) is 0 Å². The van der Waals surface area contributed by atoms with E-state index in [1.165, 1.54) is 6.07 Å². The Bertz CT molecular complexity index is 295. The summed E-state index contributed by atoms with van der Waals surface area (Å²) in [6.07, 6.45) is 1.71. The summed E-state index contributed by atoms with van der Waals surface area (Å²) in [5.41, 5.74) is -0.187. The van der Waals surface area contributed by atoms with Crippen molar-refractivity contribution in [1.82, 2.24) is 9.97 Å². The van der Waals surface area contributed by atoms with Crippen LogP contribution in [0.25, 0.3) is 0 Å². The predicted octanol–water partition coefficient (Wildman–Crippen LogP) is 1.38. The molecule has 0 radical (unpaired) electrons. The van der Waals surface area contributed by atoms with Gasteiger partial charge in [-0.1, -0.05) is 18.5 Å². The lowest BCUT2D eigenvalue weighted by Crippen LogP contribution is -2.09. The van der Waals surface area contributed by atoms with E-state index in [1.54, 1.807) is 0 Å². The smallest absolute Gasteiger partial charge is 0.252 e. The first-order chi connectivity index (χ1) is 5.22. The van der Waals surface area contributed by atoms with Gasteiger partial charge in [-0.05, 0) is 6.42 Å². The van der Waals surface area contributed by atoms with E-state index in [2.05, 4.69) is 9.97 Å². The Balaban J connectivity index is 2.99. The standard InChI is InChI=1S/C7H9ClN2O/c1-2-3-6-9-5(8)4-7(11)10-6/h4H,2-3H2,1H3,(H,9,10,11). The van der Waals surface area contributed by atoms with Gasteiger partial charge in [-0.15, -0.1) is 0 Å². The van der Waals surface area contributed by atoms with Crippen LogP contribution in [0.5, 0.6) is 0 Å². The molecule has 0 aliphatic rings. The van der Waals surface area contributed by atoms with Gasteiger partial charge in [0.15, 0.2) is 0 Å². The second kappa shape index (κ2) is 3.53. The highest BCUT2D eigenvalue weighted by molar-refractivity contribution is 6.29. The molecular weight excluding hydrogens is 164 g/mol. The third-order valence-corrected chi connectivity index (χ3v) is 1.44. The van der Waals surface area contributed by atoms with Crippen LogP contribution < -0.4 is 5.56 Å². The molecule has 1 aromatic heterocycles. The molecule has 0 bridgehead atoms. The number of aromatic nitrogens is 2. The zero-order valence-corrected chi connectivity index (χ0v) is 6.98. The molecule has 0 atom stereocenters. The lowest BCUT2D eigenvalue weighted by Gasteiger charge is -1.96. The summed E-state index contributed by atoms with van der Waals surface area (Å²) < 4.78 is 0. The summed E-state index contributed by atoms with van der Waals surface area (Å²) >= 11 is 5.55. The lowest BCUT2D eigenvalue weighted by molar-refractivity contribution is 0.825. The largest absolute Gasteiger partial charge is 0.310 e. The van der Waals surface area contributed by atoms with Crippen LogP contribution in [0, 0.1) is 0 Å². The topological polar surface area (TPSA) is 45.8 Å². The van der Waals surface area contributed by atoms with Crippen LogP contribution in [-0.2, 0) is 6.42 Å². The molecule has 1 rings (SSSR count). The number of aromatic amines is 1. The average Bonchev–Trinajstić information content (AvgIpc) is 1.85. The third kappa shape index (κ3) is 2.35.